The van der Waals surface area contributed by atoms with E-state index in [2.05, 4.69) is 6.07 Å². The molecule has 0 spiro atoms. The third kappa shape index (κ3) is 4.21. The van der Waals surface area contributed by atoms with E-state index in [4.69, 9.17) is 0 Å². The van der Waals surface area contributed by atoms with Crippen molar-refractivity contribution in [2.24, 2.45) is 5.92 Å². The molecular formula is C20H29N3O2. The second-order valence-corrected chi connectivity index (χ2v) is 7.56. The Morgan fingerprint density at radius 1 is 1.08 bits per heavy atom. The van der Waals surface area contributed by atoms with Gasteiger partial charge in [0, 0.05) is 32.1 Å². The molecule has 1 aromatic rings. The van der Waals surface area contributed by atoms with Gasteiger partial charge in [0.05, 0.1) is 0 Å². The molecule has 136 valence electrons. The fourth-order valence-electron chi connectivity index (χ4n) is 3.62. The highest BCUT2D eigenvalue weighted by atomic mass is 16.2. The minimum Gasteiger partial charge on any atom is -0.341 e. The molecule has 1 atom stereocenters. The van der Waals surface area contributed by atoms with E-state index in [-0.39, 0.29) is 23.8 Å². The highest BCUT2D eigenvalue weighted by Gasteiger charge is 2.35. The number of likely N-dealkylation sites (N-methyl/N-ethyl adjacent to an activating group) is 1. The Morgan fingerprint density at radius 3 is 2.40 bits per heavy atom. The van der Waals surface area contributed by atoms with Gasteiger partial charge in [-0.3, -0.25) is 14.5 Å². The number of hydrogen-bond donors (Lipinski definition) is 0. The van der Waals surface area contributed by atoms with Gasteiger partial charge in [-0.05, 0) is 45.8 Å². The zero-order valence-corrected chi connectivity index (χ0v) is 15.6. The van der Waals surface area contributed by atoms with Gasteiger partial charge in [0.15, 0.2) is 0 Å². The number of rotatable bonds is 4. The van der Waals surface area contributed by atoms with E-state index < -0.39 is 0 Å². The maximum Gasteiger partial charge on any atom is 0.244 e. The molecule has 5 heteroatoms. The number of aryl methyl sites for hydroxylation is 1. The van der Waals surface area contributed by atoms with Gasteiger partial charge in [0.2, 0.25) is 11.8 Å². The second kappa shape index (κ2) is 7.56. The van der Waals surface area contributed by atoms with Crippen molar-refractivity contribution in [1.82, 2.24) is 14.7 Å². The minimum atomic E-state index is -0.273. The summed E-state index contributed by atoms with van der Waals surface area (Å²) in [6, 6.07) is 7.89. The third-order valence-corrected chi connectivity index (χ3v) is 5.15. The summed E-state index contributed by atoms with van der Waals surface area (Å²) in [7, 11) is 3.90. The lowest BCUT2D eigenvalue weighted by molar-refractivity contribution is -0.137. The van der Waals surface area contributed by atoms with E-state index in [9.17, 15) is 9.59 Å². The molecule has 1 aliphatic carbocycles. The first-order valence-corrected chi connectivity index (χ1v) is 9.28. The quantitative estimate of drug-likeness (QED) is 0.841. The lowest BCUT2D eigenvalue weighted by Gasteiger charge is -2.30. The highest BCUT2D eigenvalue weighted by Crippen LogP contribution is 2.31. The van der Waals surface area contributed by atoms with E-state index >= 15 is 0 Å². The number of benzene rings is 1. The standard InChI is InChI=1S/C20H29N3O2/c1-15-6-4-7-17(14-15)18(21(2)3)20(25)23-11-5-10-22(12-13-23)19(24)16-8-9-16/h4,6-7,14,16,18H,5,8-13H2,1-3H3/t18-/m1/s1. The zero-order chi connectivity index (χ0) is 18.0. The second-order valence-electron chi connectivity index (χ2n) is 7.56. The number of amides is 2. The van der Waals surface area contributed by atoms with Crippen molar-refractivity contribution < 1.29 is 9.59 Å². The average Bonchev–Trinajstić information content (AvgIpc) is 3.41. The van der Waals surface area contributed by atoms with Gasteiger partial charge in [-0.15, -0.1) is 0 Å². The van der Waals surface area contributed by atoms with Crippen LogP contribution in [0.2, 0.25) is 0 Å². The Kier molecular flexibility index (Phi) is 5.42. The van der Waals surface area contributed by atoms with Crippen LogP contribution in [0, 0.1) is 12.8 Å². The molecule has 1 heterocycles. The third-order valence-electron chi connectivity index (χ3n) is 5.15. The molecule has 2 aliphatic rings. The maximum atomic E-state index is 13.2. The summed E-state index contributed by atoms with van der Waals surface area (Å²) < 4.78 is 0. The van der Waals surface area contributed by atoms with E-state index in [1.807, 2.05) is 53.9 Å². The topological polar surface area (TPSA) is 43.9 Å². The largest absolute Gasteiger partial charge is 0.341 e. The van der Waals surface area contributed by atoms with Crippen LogP contribution < -0.4 is 0 Å². The first-order chi connectivity index (χ1) is 12.0. The van der Waals surface area contributed by atoms with Crippen LogP contribution >= 0.6 is 0 Å². The Morgan fingerprint density at radius 2 is 1.76 bits per heavy atom. The number of carbonyl (C=O) groups is 2. The number of nitrogens with zero attached hydrogens (tertiary/aromatic N) is 3. The summed E-state index contributed by atoms with van der Waals surface area (Å²) in [6.45, 7) is 4.84. The van der Waals surface area contributed by atoms with Gasteiger partial charge in [-0.2, -0.15) is 0 Å². The van der Waals surface area contributed by atoms with Crippen molar-refractivity contribution in [1.29, 1.82) is 0 Å². The van der Waals surface area contributed by atoms with Gasteiger partial charge < -0.3 is 9.80 Å². The fourth-order valence-corrected chi connectivity index (χ4v) is 3.62. The van der Waals surface area contributed by atoms with E-state index in [0.29, 0.717) is 13.1 Å². The predicted octanol–water partition coefficient (Wildman–Crippen LogP) is 2.07. The van der Waals surface area contributed by atoms with Crippen LogP contribution in [0.1, 0.15) is 36.4 Å². The van der Waals surface area contributed by atoms with Gasteiger partial charge in [0.25, 0.3) is 0 Å². The molecule has 2 amide bonds. The molecule has 2 fully saturated rings. The van der Waals surface area contributed by atoms with E-state index in [1.54, 1.807) is 0 Å². The lowest BCUT2D eigenvalue weighted by Crippen LogP contribution is -2.43. The average molecular weight is 343 g/mol. The molecule has 0 radical (unpaired) electrons. The van der Waals surface area contributed by atoms with Crippen molar-refractivity contribution in [3.63, 3.8) is 0 Å². The monoisotopic (exact) mass is 343 g/mol. The number of carbonyl (C=O) groups excluding carboxylic acids is 2. The van der Waals surface area contributed by atoms with Crippen LogP contribution in [0.4, 0.5) is 0 Å². The van der Waals surface area contributed by atoms with Gasteiger partial charge in [-0.25, -0.2) is 0 Å². The van der Waals surface area contributed by atoms with Crippen molar-refractivity contribution >= 4 is 11.8 Å². The Bertz CT molecular complexity index is 640. The van der Waals surface area contributed by atoms with Crippen LogP contribution in [0.15, 0.2) is 24.3 Å². The highest BCUT2D eigenvalue weighted by molar-refractivity contribution is 5.84. The molecule has 1 saturated heterocycles. The van der Waals surface area contributed by atoms with Crippen LogP contribution in [0.5, 0.6) is 0 Å². The first-order valence-electron chi connectivity index (χ1n) is 9.28. The van der Waals surface area contributed by atoms with Crippen LogP contribution in [0.3, 0.4) is 0 Å². The Balaban J connectivity index is 1.70. The zero-order valence-electron chi connectivity index (χ0n) is 15.6. The lowest BCUT2D eigenvalue weighted by atomic mass is 10.0. The molecule has 3 rings (SSSR count). The first kappa shape index (κ1) is 17.9. The van der Waals surface area contributed by atoms with Gasteiger partial charge in [0.1, 0.15) is 6.04 Å². The van der Waals surface area contributed by atoms with Crippen LogP contribution in [-0.4, -0.2) is 66.8 Å². The predicted molar refractivity (Wildman–Crippen MR) is 98.1 cm³/mol. The van der Waals surface area contributed by atoms with E-state index in [0.717, 1.165) is 43.5 Å². The summed E-state index contributed by atoms with van der Waals surface area (Å²) in [5, 5.41) is 0. The van der Waals surface area contributed by atoms with Crippen molar-refractivity contribution in [2.45, 2.75) is 32.2 Å². The molecule has 1 saturated carbocycles. The molecular weight excluding hydrogens is 314 g/mol. The molecule has 25 heavy (non-hydrogen) atoms. The maximum absolute atomic E-state index is 13.2. The Labute approximate surface area is 150 Å². The molecule has 1 aromatic carbocycles. The van der Waals surface area contributed by atoms with Gasteiger partial charge in [-0.1, -0.05) is 29.8 Å². The van der Waals surface area contributed by atoms with Crippen molar-refractivity contribution in [3.8, 4) is 0 Å². The summed E-state index contributed by atoms with van der Waals surface area (Å²) in [5.41, 5.74) is 2.19. The van der Waals surface area contributed by atoms with E-state index in [1.165, 1.54) is 0 Å². The summed E-state index contributed by atoms with van der Waals surface area (Å²) in [5.74, 6) is 0.678. The minimum absolute atomic E-state index is 0.135. The molecule has 0 N–H and O–H groups in total. The van der Waals surface area contributed by atoms with Gasteiger partial charge >= 0.3 is 0 Å². The fraction of sp³-hybridized carbons (Fsp3) is 0.600. The Hall–Kier alpha value is -1.88. The molecule has 5 nitrogen and oxygen atoms in total. The molecule has 1 aliphatic heterocycles. The molecule has 0 bridgehead atoms. The summed E-state index contributed by atoms with van der Waals surface area (Å²) in [4.78, 5) is 31.4. The van der Waals surface area contributed by atoms with Crippen molar-refractivity contribution in [3.05, 3.63) is 35.4 Å². The SMILES string of the molecule is Cc1cccc([C@H](C(=O)N2CCCN(C(=O)C3CC3)CC2)N(C)C)c1. The summed E-state index contributed by atoms with van der Waals surface area (Å²) in [6.07, 6.45) is 2.93. The number of hydrogen-bond acceptors (Lipinski definition) is 3. The normalized spacial score (nSPS) is 19.7. The molecule has 0 unspecified atom stereocenters. The molecule has 0 aromatic heterocycles. The van der Waals surface area contributed by atoms with Crippen LogP contribution in [0.25, 0.3) is 0 Å². The van der Waals surface area contributed by atoms with Crippen LogP contribution in [-0.2, 0) is 9.59 Å². The smallest absolute Gasteiger partial charge is 0.244 e. The summed E-state index contributed by atoms with van der Waals surface area (Å²) >= 11 is 0. The van der Waals surface area contributed by atoms with Crippen molar-refractivity contribution in [2.75, 3.05) is 40.3 Å².